The van der Waals surface area contributed by atoms with E-state index in [4.69, 9.17) is 15.3 Å². The molecule has 0 spiro atoms. The molecule has 0 radical (unpaired) electrons. The Morgan fingerprint density at radius 3 is 1.88 bits per heavy atom. The molecule has 0 rings (SSSR count). The molecule has 0 amide bonds. The first kappa shape index (κ1) is 8.36. The van der Waals surface area contributed by atoms with Crippen molar-refractivity contribution in [2.75, 3.05) is 11.9 Å². The number of aliphatic hydroxyl groups is 3. The summed E-state index contributed by atoms with van der Waals surface area (Å²) in [7, 11) is 0. The fourth-order valence-corrected chi connectivity index (χ4v) is 0.656. The van der Waals surface area contributed by atoms with Crippen LogP contribution in [0.15, 0.2) is 0 Å². The van der Waals surface area contributed by atoms with Gasteiger partial charge in [0.25, 0.3) is 0 Å². The van der Waals surface area contributed by atoms with Crippen molar-refractivity contribution < 1.29 is 15.3 Å². The molecule has 0 heterocycles. The number of alkyl halides is 1. The SMILES string of the molecule is OCC(O)C(O)CBr. The van der Waals surface area contributed by atoms with Crippen LogP contribution in [-0.4, -0.2) is 39.5 Å². The third-order valence-corrected chi connectivity index (χ3v) is 1.45. The molecule has 8 heavy (non-hydrogen) atoms. The molecule has 0 aromatic carbocycles. The molecule has 0 aliphatic rings. The number of hydrogen-bond acceptors (Lipinski definition) is 3. The average Bonchev–Trinajstić information content (AvgIpc) is 1.84. The molecule has 3 N–H and O–H groups in total. The van der Waals surface area contributed by atoms with E-state index in [1.807, 2.05) is 0 Å². The van der Waals surface area contributed by atoms with Crippen LogP contribution in [-0.2, 0) is 0 Å². The molecule has 0 fully saturated rings. The summed E-state index contributed by atoms with van der Waals surface area (Å²) < 4.78 is 0. The van der Waals surface area contributed by atoms with Gasteiger partial charge in [-0.25, -0.2) is 0 Å². The largest absolute Gasteiger partial charge is 0.394 e. The van der Waals surface area contributed by atoms with Gasteiger partial charge in [-0.3, -0.25) is 0 Å². The van der Waals surface area contributed by atoms with Crippen molar-refractivity contribution in [2.24, 2.45) is 0 Å². The number of halogens is 1. The second-order valence-corrected chi connectivity index (χ2v) is 2.12. The summed E-state index contributed by atoms with van der Waals surface area (Å²) >= 11 is 2.94. The second-order valence-electron chi connectivity index (χ2n) is 1.47. The standard InChI is InChI=1S/C4H9BrO3/c5-1-3(7)4(8)2-6/h3-4,6-8H,1-2H2. The van der Waals surface area contributed by atoms with Crippen LogP contribution < -0.4 is 0 Å². The Bertz CT molecular complexity index is 51.2. The van der Waals surface area contributed by atoms with E-state index in [-0.39, 0.29) is 5.33 Å². The maximum Gasteiger partial charge on any atom is 0.104 e. The summed E-state index contributed by atoms with van der Waals surface area (Å²) in [6, 6.07) is 0. The molecule has 2 unspecified atom stereocenters. The van der Waals surface area contributed by atoms with Crippen molar-refractivity contribution >= 4 is 15.9 Å². The smallest absolute Gasteiger partial charge is 0.104 e. The molecule has 0 aromatic heterocycles. The first-order valence-electron chi connectivity index (χ1n) is 2.25. The summed E-state index contributed by atoms with van der Waals surface area (Å²) in [5.74, 6) is 0. The first-order valence-corrected chi connectivity index (χ1v) is 3.37. The Balaban J connectivity index is 3.29. The van der Waals surface area contributed by atoms with Crippen molar-refractivity contribution in [1.29, 1.82) is 0 Å². The van der Waals surface area contributed by atoms with Crippen molar-refractivity contribution in [3.05, 3.63) is 0 Å². The number of aliphatic hydroxyl groups excluding tert-OH is 3. The Kier molecular flexibility index (Phi) is 4.45. The Morgan fingerprint density at radius 1 is 1.25 bits per heavy atom. The third kappa shape index (κ3) is 2.61. The van der Waals surface area contributed by atoms with Crippen molar-refractivity contribution in [3.8, 4) is 0 Å². The van der Waals surface area contributed by atoms with Gasteiger partial charge in [0.2, 0.25) is 0 Å². The molecular weight excluding hydrogens is 176 g/mol. The van der Waals surface area contributed by atoms with E-state index in [1.165, 1.54) is 0 Å². The van der Waals surface area contributed by atoms with Crippen molar-refractivity contribution in [2.45, 2.75) is 12.2 Å². The normalized spacial score (nSPS) is 18.0. The zero-order valence-electron chi connectivity index (χ0n) is 4.29. The molecule has 0 aromatic rings. The summed E-state index contributed by atoms with van der Waals surface area (Å²) in [6.45, 7) is -0.396. The first-order chi connectivity index (χ1) is 3.72. The second kappa shape index (κ2) is 4.26. The van der Waals surface area contributed by atoms with Gasteiger partial charge in [-0.1, -0.05) is 15.9 Å². The highest BCUT2D eigenvalue weighted by Gasteiger charge is 2.11. The van der Waals surface area contributed by atoms with Crippen LogP contribution in [0.5, 0.6) is 0 Å². The van der Waals surface area contributed by atoms with Crippen LogP contribution in [0, 0.1) is 0 Å². The van der Waals surface area contributed by atoms with Gasteiger partial charge in [0.1, 0.15) is 6.10 Å². The van der Waals surface area contributed by atoms with Gasteiger partial charge in [-0.15, -0.1) is 0 Å². The van der Waals surface area contributed by atoms with Crippen molar-refractivity contribution in [3.63, 3.8) is 0 Å². The topological polar surface area (TPSA) is 60.7 Å². The van der Waals surface area contributed by atoms with Gasteiger partial charge in [-0.05, 0) is 0 Å². The molecule has 0 aliphatic heterocycles. The van der Waals surface area contributed by atoms with E-state index in [9.17, 15) is 0 Å². The van der Waals surface area contributed by atoms with Gasteiger partial charge < -0.3 is 15.3 Å². The molecular formula is C4H9BrO3. The van der Waals surface area contributed by atoms with Gasteiger partial charge in [-0.2, -0.15) is 0 Å². The van der Waals surface area contributed by atoms with Gasteiger partial charge in [0.15, 0.2) is 0 Å². The van der Waals surface area contributed by atoms with Gasteiger partial charge in [0.05, 0.1) is 12.7 Å². The van der Waals surface area contributed by atoms with Gasteiger partial charge in [0, 0.05) is 5.33 Å². The predicted octanol–water partition coefficient (Wildman–Crippen LogP) is -0.905. The van der Waals surface area contributed by atoms with Crippen LogP contribution >= 0.6 is 15.9 Å². The maximum atomic E-state index is 8.67. The summed E-state index contributed by atoms with van der Waals surface area (Å²) in [4.78, 5) is 0. The molecule has 0 saturated carbocycles. The minimum atomic E-state index is -1.02. The molecule has 4 heteroatoms. The van der Waals surface area contributed by atoms with Crippen LogP contribution in [0.2, 0.25) is 0 Å². The zero-order chi connectivity index (χ0) is 6.57. The van der Waals surface area contributed by atoms with E-state index in [0.717, 1.165) is 0 Å². The Hall–Kier alpha value is 0.360. The van der Waals surface area contributed by atoms with Crippen LogP contribution in [0.4, 0.5) is 0 Å². The van der Waals surface area contributed by atoms with Crippen LogP contribution in [0.25, 0.3) is 0 Å². The lowest BCUT2D eigenvalue weighted by Crippen LogP contribution is -2.30. The predicted molar refractivity (Wildman–Crippen MR) is 32.9 cm³/mol. The molecule has 0 saturated heterocycles. The third-order valence-electron chi connectivity index (χ3n) is 0.789. The number of rotatable bonds is 3. The lowest BCUT2D eigenvalue weighted by Gasteiger charge is -2.10. The van der Waals surface area contributed by atoms with E-state index in [0.29, 0.717) is 0 Å². The van der Waals surface area contributed by atoms with E-state index in [2.05, 4.69) is 15.9 Å². The molecule has 3 nitrogen and oxygen atoms in total. The molecule has 0 bridgehead atoms. The minimum Gasteiger partial charge on any atom is -0.394 e. The Morgan fingerprint density at radius 2 is 1.75 bits per heavy atom. The quantitative estimate of drug-likeness (QED) is 0.499. The van der Waals surface area contributed by atoms with E-state index < -0.39 is 18.8 Å². The monoisotopic (exact) mass is 184 g/mol. The average molecular weight is 185 g/mol. The highest BCUT2D eigenvalue weighted by molar-refractivity contribution is 9.09. The highest BCUT2D eigenvalue weighted by atomic mass is 79.9. The van der Waals surface area contributed by atoms with E-state index in [1.54, 1.807) is 0 Å². The molecule has 50 valence electrons. The zero-order valence-corrected chi connectivity index (χ0v) is 5.87. The highest BCUT2D eigenvalue weighted by Crippen LogP contribution is 1.95. The summed E-state index contributed by atoms with van der Waals surface area (Å²) in [6.07, 6.45) is -1.88. The van der Waals surface area contributed by atoms with Gasteiger partial charge >= 0.3 is 0 Å². The fraction of sp³-hybridized carbons (Fsp3) is 1.00. The Labute approximate surface area is 56.1 Å². The van der Waals surface area contributed by atoms with Crippen LogP contribution in [0.1, 0.15) is 0 Å². The minimum absolute atomic E-state index is 0.286. The summed E-state index contributed by atoms with van der Waals surface area (Å²) in [5.41, 5.74) is 0. The number of hydrogen-bond donors (Lipinski definition) is 3. The summed E-state index contributed by atoms with van der Waals surface area (Å²) in [5, 5.41) is 25.8. The molecule has 0 aliphatic carbocycles. The maximum absolute atomic E-state index is 8.67. The van der Waals surface area contributed by atoms with Crippen molar-refractivity contribution in [1.82, 2.24) is 0 Å². The lowest BCUT2D eigenvalue weighted by atomic mass is 10.2. The lowest BCUT2D eigenvalue weighted by molar-refractivity contribution is -0.00134. The molecule has 2 atom stereocenters. The van der Waals surface area contributed by atoms with Crippen LogP contribution in [0.3, 0.4) is 0 Å². The fourth-order valence-electron chi connectivity index (χ4n) is 0.225. The van der Waals surface area contributed by atoms with E-state index >= 15 is 0 Å².